The Morgan fingerprint density at radius 3 is 2.18 bits per heavy atom. The van der Waals surface area contributed by atoms with Crippen molar-refractivity contribution in [3.05, 3.63) is 87.6 Å². The Hall–Kier alpha value is -4.37. The van der Waals surface area contributed by atoms with E-state index in [1.54, 1.807) is 11.3 Å². The predicted octanol–water partition coefficient (Wildman–Crippen LogP) is 5.07. The second-order valence-corrected chi connectivity index (χ2v) is 9.21. The summed E-state index contributed by atoms with van der Waals surface area (Å²) in [5.74, 6) is 0. The van der Waals surface area contributed by atoms with Crippen LogP contribution in [0.1, 0.15) is 23.3 Å². The number of rotatable bonds is 3. The van der Waals surface area contributed by atoms with E-state index in [1.165, 1.54) is 0 Å². The topological polar surface area (TPSA) is 74.6 Å². The summed E-state index contributed by atoms with van der Waals surface area (Å²) in [6.07, 6.45) is 4.42. The number of nitrogens with zero attached hydrogens (tertiary/aromatic N) is 4. The number of anilines is 1. The van der Waals surface area contributed by atoms with Crippen LogP contribution in [0, 0.1) is 34.0 Å². The zero-order chi connectivity index (χ0) is 23.5. The van der Waals surface area contributed by atoms with Crippen LogP contribution in [0.15, 0.2) is 66.7 Å². The number of fused-ring (bicyclic) bond motifs is 1. The number of thiophene rings is 1. The molecule has 0 N–H and O–H groups in total. The Morgan fingerprint density at radius 1 is 0.824 bits per heavy atom. The summed E-state index contributed by atoms with van der Waals surface area (Å²) in [5.41, 5.74) is 2.82. The van der Waals surface area contributed by atoms with Crippen LogP contribution in [-0.4, -0.2) is 13.1 Å². The van der Waals surface area contributed by atoms with Crippen LogP contribution >= 0.6 is 11.3 Å². The summed E-state index contributed by atoms with van der Waals surface area (Å²) in [5, 5.41) is 33.5. The molecule has 0 aliphatic carbocycles. The molecule has 2 heterocycles. The normalized spacial score (nSPS) is 13.4. The predicted molar refractivity (Wildman–Crippen MR) is 137 cm³/mol. The van der Waals surface area contributed by atoms with Gasteiger partial charge in [-0.1, -0.05) is 66.7 Å². The SMILES string of the molecule is N#CC(C#N)=c1ccc(=Cc2sc(N3CCCC3)c(C#N)c2-c2ccccc2)c2ccccc12. The third-order valence-corrected chi connectivity index (χ3v) is 7.42. The first kappa shape index (κ1) is 21.5. The second-order valence-electron chi connectivity index (χ2n) is 8.18. The van der Waals surface area contributed by atoms with E-state index in [0.29, 0.717) is 5.22 Å². The monoisotopic (exact) mass is 456 g/mol. The van der Waals surface area contributed by atoms with Crippen LogP contribution in [0.4, 0.5) is 5.00 Å². The van der Waals surface area contributed by atoms with Crippen LogP contribution in [0.3, 0.4) is 0 Å². The van der Waals surface area contributed by atoms with E-state index >= 15 is 0 Å². The first-order valence-corrected chi connectivity index (χ1v) is 12.0. The minimum absolute atomic E-state index is 0.104. The maximum atomic E-state index is 10.2. The quantitative estimate of drug-likeness (QED) is 0.432. The molecule has 0 radical (unpaired) electrons. The van der Waals surface area contributed by atoms with Gasteiger partial charge in [0.1, 0.15) is 28.8 Å². The molecule has 5 heteroatoms. The highest BCUT2D eigenvalue weighted by atomic mass is 32.1. The van der Waals surface area contributed by atoms with Gasteiger partial charge >= 0.3 is 0 Å². The van der Waals surface area contributed by atoms with E-state index in [9.17, 15) is 15.8 Å². The summed E-state index contributed by atoms with van der Waals surface area (Å²) < 4.78 is 0. The van der Waals surface area contributed by atoms with E-state index < -0.39 is 0 Å². The van der Waals surface area contributed by atoms with Crippen LogP contribution in [0.2, 0.25) is 0 Å². The molecule has 1 saturated heterocycles. The fraction of sp³-hybridized carbons (Fsp3) is 0.138. The Morgan fingerprint density at radius 2 is 1.50 bits per heavy atom. The molecule has 4 aromatic rings. The molecule has 0 unspecified atom stereocenters. The van der Waals surface area contributed by atoms with Crippen molar-refractivity contribution in [1.82, 2.24) is 0 Å². The Kier molecular flexibility index (Phi) is 5.84. The average Bonchev–Trinajstić information content (AvgIpc) is 3.54. The van der Waals surface area contributed by atoms with Crippen molar-refractivity contribution in [3.63, 3.8) is 0 Å². The van der Waals surface area contributed by atoms with Crippen molar-refractivity contribution in [2.75, 3.05) is 18.0 Å². The standard InChI is InChI=1S/C29H20N4S/c30-17-22(18-31)24-13-12-21(23-10-4-5-11-25(23)24)16-27-28(20-8-2-1-3-9-20)26(19-32)29(34-27)33-14-6-7-15-33/h1-5,8-13,16H,6-7,14-15H2. The van der Waals surface area contributed by atoms with Gasteiger partial charge < -0.3 is 4.90 Å². The lowest BCUT2D eigenvalue weighted by atomic mass is 9.99. The lowest BCUT2D eigenvalue weighted by molar-refractivity contribution is 0.949. The van der Waals surface area contributed by atoms with Gasteiger partial charge in [0.15, 0.2) is 0 Å². The van der Waals surface area contributed by atoms with Gasteiger partial charge in [0.25, 0.3) is 0 Å². The largest absolute Gasteiger partial charge is 0.362 e. The van der Waals surface area contributed by atoms with Gasteiger partial charge in [-0.3, -0.25) is 0 Å². The highest BCUT2D eigenvalue weighted by molar-refractivity contribution is 7.17. The third kappa shape index (κ3) is 3.71. The minimum atomic E-state index is 0.104. The van der Waals surface area contributed by atoms with Crippen LogP contribution in [-0.2, 0) is 0 Å². The molecule has 1 aliphatic rings. The molecule has 4 nitrogen and oxygen atoms in total. The van der Waals surface area contributed by atoms with Gasteiger partial charge in [0.2, 0.25) is 0 Å². The van der Waals surface area contributed by atoms with Gasteiger partial charge in [0, 0.05) is 28.7 Å². The summed E-state index contributed by atoms with van der Waals surface area (Å²) in [7, 11) is 0. The molecule has 3 aromatic carbocycles. The fourth-order valence-electron chi connectivity index (χ4n) is 4.63. The van der Waals surface area contributed by atoms with E-state index in [2.05, 4.69) is 29.2 Å². The smallest absolute Gasteiger partial charge is 0.137 e. The highest BCUT2D eigenvalue weighted by Gasteiger charge is 2.24. The Balaban J connectivity index is 1.83. The first-order chi connectivity index (χ1) is 16.7. The molecule has 0 bridgehead atoms. The van der Waals surface area contributed by atoms with E-state index in [-0.39, 0.29) is 5.57 Å². The summed E-state index contributed by atoms with van der Waals surface area (Å²) in [6, 6.07) is 28.3. The molecule has 0 atom stereocenters. The van der Waals surface area contributed by atoms with Crippen LogP contribution < -0.4 is 15.3 Å². The number of hydrogen-bond acceptors (Lipinski definition) is 5. The van der Waals surface area contributed by atoms with Gasteiger partial charge in [-0.2, -0.15) is 15.8 Å². The zero-order valence-electron chi connectivity index (χ0n) is 18.5. The molecular formula is C29H20N4S. The molecule has 1 fully saturated rings. The molecule has 1 aliphatic heterocycles. The minimum Gasteiger partial charge on any atom is -0.362 e. The molecule has 0 saturated carbocycles. The number of hydrogen-bond donors (Lipinski definition) is 0. The molecule has 5 rings (SSSR count). The zero-order valence-corrected chi connectivity index (χ0v) is 19.3. The maximum Gasteiger partial charge on any atom is 0.137 e. The lowest BCUT2D eigenvalue weighted by Crippen LogP contribution is -2.17. The van der Waals surface area contributed by atoms with Crippen molar-refractivity contribution in [3.8, 4) is 29.3 Å². The summed E-state index contributed by atoms with van der Waals surface area (Å²) in [4.78, 5) is 3.36. The molecule has 0 amide bonds. The maximum absolute atomic E-state index is 10.2. The summed E-state index contributed by atoms with van der Waals surface area (Å²) >= 11 is 1.66. The molecule has 34 heavy (non-hydrogen) atoms. The second kappa shape index (κ2) is 9.24. The van der Waals surface area contributed by atoms with Crippen molar-refractivity contribution in [2.24, 2.45) is 0 Å². The van der Waals surface area contributed by atoms with Crippen molar-refractivity contribution < 1.29 is 0 Å². The van der Waals surface area contributed by atoms with Gasteiger partial charge in [-0.05, 0) is 40.5 Å². The molecule has 162 valence electrons. The number of nitriles is 3. The third-order valence-electron chi connectivity index (χ3n) is 6.22. The molecule has 0 spiro atoms. The molecular weight excluding hydrogens is 436 g/mol. The van der Waals surface area contributed by atoms with Crippen LogP contribution in [0.5, 0.6) is 0 Å². The van der Waals surface area contributed by atoms with E-state index in [1.807, 2.05) is 66.7 Å². The van der Waals surface area contributed by atoms with Gasteiger partial charge in [0.05, 0.1) is 5.56 Å². The van der Waals surface area contributed by atoms with Crippen molar-refractivity contribution >= 4 is 38.8 Å². The van der Waals surface area contributed by atoms with Crippen LogP contribution in [0.25, 0.3) is 33.5 Å². The van der Waals surface area contributed by atoms with Gasteiger partial charge in [-0.25, -0.2) is 0 Å². The highest BCUT2D eigenvalue weighted by Crippen LogP contribution is 2.43. The van der Waals surface area contributed by atoms with Crippen molar-refractivity contribution in [2.45, 2.75) is 12.8 Å². The Labute approximate surface area is 202 Å². The number of benzene rings is 3. The first-order valence-electron chi connectivity index (χ1n) is 11.2. The molecule has 1 aromatic heterocycles. The van der Waals surface area contributed by atoms with E-state index in [0.717, 1.165) is 68.5 Å². The van der Waals surface area contributed by atoms with Gasteiger partial charge in [-0.15, -0.1) is 11.3 Å². The lowest BCUT2D eigenvalue weighted by Gasteiger charge is -2.15. The summed E-state index contributed by atoms with van der Waals surface area (Å²) in [6.45, 7) is 1.95. The Bertz CT molecular complexity index is 1620. The van der Waals surface area contributed by atoms with Crippen molar-refractivity contribution in [1.29, 1.82) is 15.8 Å². The average molecular weight is 457 g/mol. The fourth-order valence-corrected chi connectivity index (χ4v) is 5.91. The van der Waals surface area contributed by atoms with E-state index in [4.69, 9.17) is 0 Å².